The van der Waals surface area contributed by atoms with E-state index in [-0.39, 0.29) is 19.1 Å². The van der Waals surface area contributed by atoms with Crippen LogP contribution in [-0.2, 0) is 4.74 Å². The Labute approximate surface area is 112 Å². The normalized spacial score (nSPS) is 12.3. The highest BCUT2D eigenvalue weighted by molar-refractivity contribution is 6.31. The number of aliphatic hydroxyl groups is 1. The maximum Gasteiger partial charge on any atom is 0.254 e. The Hall–Kier alpha value is -1.10. The van der Waals surface area contributed by atoms with Crippen LogP contribution >= 0.6 is 11.6 Å². The molecule has 1 amide bonds. The Morgan fingerprint density at radius 2 is 2.22 bits per heavy atom. The van der Waals surface area contributed by atoms with Crippen molar-refractivity contribution in [2.24, 2.45) is 0 Å². The van der Waals surface area contributed by atoms with Gasteiger partial charge in [-0.1, -0.05) is 17.7 Å². The monoisotopic (exact) mass is 271 g/mol. The first-order chi connectivity index (χ1) is 8.47. The molecule has 0 aliphatic rings. The van der Waals surface area contributed by atoms with E-state index in [9.17, 15) is 9.90 Å². The second kappa shape index (κ2) is 6.73. The summed E-state index contributed by atoms with van der Waals surface area (Å²) < 4.78 is 4.82. The molecule has 0 fully saturated rings. The number of rotatable bonds is 5. The fourth-order valence-electron chi connectivity index (χ4n) is 1.69. The number of benzene rings is 1. The van der Waals surface area contributed by atoms with Gasteiger partial charge in [0, 0.05) is 31.3 Å². The molecule has 0 aliphatic carbocycles. The zero-order chi connectivity index (χ0) is 13.7. The van der Waals surface area contributed by atoms with Crippen LogP contribution in [0.25, 0.3) is 0 Å². The van der Waals surface area contributed by atoms with Gasteiger partial charge in [-0.3, -0.25) is 4.79 Å². The van der Waals surface area contributed by atoms with Crippen LogP contribution in [0.4, 0.5) is 0 Å². The molecule has 0 saturated heterocycles. The topological polar surface area (TPSA) is 49.8 Å². The molecule has 0 saturated carbocycles. The van der Waals surface area contributed by atoms with Gasteiger partial charge in [0.1, 0.15) is 0 Å². The maximum atomic E-state index is 12.2. The van der Waals surface area contributed by atoms with E-state index in [1.807, 2.05) is 0 Å². The smallest absolute Gasteiger partial charge is 0.254 e. The highest BCUT2D eigenvalue weighted by Gasteiger charge is 2.17. The van der Waals surface area contributed by atoms with Crippen LogP contribution < -0.4 is 0 Å². The van der Waals surface area contributed by atoms with Crippen molar-refractivity contribution in [1.29, 1.82) is 0 Å². The Bertz CT molecular complexity index is 423. The van der Waals surface area contributed by atoms with Crippen molar-refractivity contribution in [3.63, 3.8) is 0 Å². The lowest BCUT2D eigenvalue weighted by Crippen LogP contribution is -2.36. The minimum absolute atomic E-state index is 0.162. The van der Waals surface area contributed by atoms with Crippen molar-refractivity contribution >= 4 is 17.5 Å². The first-order valence-corrected chi connectivity index (χ1v) is 6.02. The van der Waals surface area contributed by atoms with Gasteiger partial charge in [0.25, 0.3) is 5.91 Å². The van der Waals surface area contributed by atoms with Crippen LogP contribution in [0.3, 0.4) is 0 Å². The van der Waals surface area contributed by atoms with Gasteiger partial charge < -0.3 is 14.7 Å². The number of carbonyl (C=O) groups is 1. The van der Waals surface area contributed by atoms with Crippen LogP contribution in [0.5, 0.6) is 0 Å². The lowest BCUT2D eigenvalue weighted by atomic mass is 10.1. The quantitative estimate of drug-likeness (QED) is 0.887. The Kier molecular flexibility index (Phi) is 5.59. The van der Waals surface area contributed by atoms with Crippen molar-refractivity contribution in [3.8, 4) is 0 Å². The van der Waals surface area contributed by atoms with Gasteiger partial charge in [0.15, 0.2) is 0 Å². The summed E-state index contributed by atoms with van der Waals surface area (Å²) >= 11 is 5.98. The summed E-state index contributed by atoms with van der Waals surface area (Å²) in [5.74, 6) is -0.162. The molecule has 100 valence electrons. The van der Waals surface area contributed by atoms with E-state index in [1.54, 1.807) is 32.2 Å². The Morgan fingerprint density at radius 1 is 1.56 bits per heavy atom. The third-order valence-electron chi connectivity index (χ3n) is 2.69. The van der Waals surface area contributed by atoms with Gasteiger partial charge in [-0.15, -0.1) is 0 Å². The molecule has 1 N–H and O–H groups in total. The third kappa shape index (κ3) is 3.70. The number of ether oxygens (including phenoxy) is 1. The van der Waals surface area contributed by atoms with Gasteiger partial charge in [-0.25, -0.2) is 0 Å². The number of methoxy groups -OCH3 is 1. The summed E-state index contributed by atoms with van der Waals surface area (Å²) in [6.07, 6.45) is -0.691. The first kappa shape index (κ1) is 15.0. The maximum absolute atomic E-state index is 12.2. The zero-order valence-electron chi connectivity index (χ0n) is 10.8. The molecular weight excluding hydrogens is 254 g/mol. The Morgan fingerprint density at radius 3 is 2.83 bits per heavy atom. The molecule has 0 aliphatic heterocycles. The molecule has 1 unspecified atom stereocenters. The molecule has 0 heterocycles. The van der Waals surface area contributed by atoms with Crippen LogP contribution in [0.15, 0.2) is 18.2 Å². The number of nitrogens with zero attached hydrogens (tertiary/aromatic N) is 1. The molecular formula is C13H18ClNO3. The summed E-state index contributed by atoms with van der Waals surface area (Å²) in [6, 6.07) is 5.21. The van der Waals surface area contributed by atoms with Gasteiger partial charge >= 0.3 is 0 Å². The highest BCUT2D eigenvalue weighted by atomic mass is 35.5. The molecule has 1 aromatic rings. The van der Waals surface area contributed by atoms with Crippen molar-refractivity contribution in [2.75, 3.05) is 27.3 Å². The number of hydrogen-bond donors (Lipinski definition) is 1. The average molecular weight is 272 g/mol. The largest absolute Gasteiger partial charge is 0.389 e. The number of halogens is 1. The molecule has 0 radical (unpaired) electrons. The fraction of sp³-hybridized carbons (Fsp3) is 0.462. The Balaban J connectivity index is 2.77. The van der Waals surface area contributed by atoms with Gasteiger partial charge in [-0.2, -0.15) is 0 Å². The molecule has 0 spiro atoms. The van der Waals surface area contributed by atoms with Crippen LogP contribution in [0, 0.1) is 6.92 Å². The van der Waals surface area contributed by atoms with Crippen molar-refractivity contribution in [3.05, 3.63) is 34.3 Å². The second-order valence-corrected chi connectivity index (χ2v) is 4.61. The average Bonchev–Trinajstić information content (AvgIpc) is 2.32. The van der Waals surface area contributed by atoms with E-state index < -0.39 is 6.10 Å². The van der Waals surface area contributed by atoms with Crippen LogP contribution in [-0.4, -0.2) is 49.3 Å². The third-order valence-corrected chi connectivity index (χ3v) is 3.10. The summed E-state index contributed by atoms with van der Waals surface area (Å²) in [5, 5.41) is 10.2. The molecule has 1 rings (SSSR count). The summed E-state index contributed by atoms with van der Waals surface area (Å²) in [5.41, 5.74) is 1.30. The minimum atomic E-state index is -0.691. The second-order valence-electron chi connectivity index (χ2n) is 4.21. The van der Waals surface area contributed by atoms with E-state index in [4.69, 9.17) is 16.3 Å². The van der Waals surface area contributed by atoms with Crippen LogP contribution in [0.2, 0.25) is 5.02 Å². The first-order valence-electron chi connectivity index (χ1n) is 5.65. The van der Waals surface area contributed by atoms with Crippen LogP contribution in [0.1, 0.15) is 15.9 Å². The molecule has 18 heavy (non-hydrogen) atoms. The van der Waals surface area contributed by atoms with Gasteiger partial charge in [-0.05, 0) is 24.6 Å². The number of amides is 1. The minimum Gasteiger partial charge on any atom is -0.389 e. The molecule has 0 aromatic heterocycles. The number of aliphatic hydroxyl groups excluding tert-OH is 1. The summed E-state index contributed by atoms with van der Waals surface area (Å²) in [7, 11) is 3.15. The van der Waals surface area contributed by atoms with E-state index in [0.29, 0.717) is 10.6 Å². The predicted molar refractivity (Wildman–Crippen MR) is 71.0 cm³/mol. The zero-order valence-corrected chi connectivity index (χ0v) is 11.6. The van der Waals surface area contributed by atoms with E-state index in [0.717, 1.165) is 5.56 Å². The number of carbonyl (C=O) groups excluding carboxylic acids is 1. The van der Waals surface area contributed by atoms with E-state index >= 15 is 0 Å². The predicted octanol–water partition coefficient (Wildman–Crippen LogP) is 1.73. The standard InChI is InChI=1S/C13H18ClNO3/c1-9-11(5-4-6-12(9)14)13(17)15(2)7-10(16)8-18-3/h4-6,10,16H,7-8H2,1-3H3. The van der Waals surface area contributed by atoms with Crippen molar-refractivity contribution in [1.82, 2.24) is 4.90 Å². The molecule has 5 heteroatoms. The lowest BCUT2D eigenvalue weighted by Gasteiger charge is -2.21. The van der Waals surface area contributed by atoms with E-state index in [2.05, 4.69) is 0 Å². The molecule has 1 aromatic carbocycles. The molecule has 0 bridgehead atoms. The van der Waals surface area contributed by atoms with E-state index in [1.165, 1.54) is 12.0 Å². The fourth-order valence-corrected chi connectivity index (χ4v) is 1.86. The lowest BCUT2D eigenvalue weighted by molar-refractivity contribution is 0.0380. The SMILES string of the molecule is COCC(O)CN(C)C(=O)c1cccc(Cl)c1C. The summed E-state index contributed by atoms with van der Waals surface area (Å²) in [6.45, 7) is 2.22. The van der Waals surface area contributed by atoms with Gasteiger partial charge in [0.2, 0.25) is 0 Å². The van der Waals surface area contributed by atoms with Crippen molar-refractivity contribution < 1.29 is 14.6 Å². The van der Waals surface area contributed by atoms with Gasteiger partial charge in [0.05, 0.1) is 12.7 Å². The highest BCUT2D eigenvalue weighted by Crippen LogP contribution is 2.19. The number of likely N-dealkylation sites (N-methyl/N-ethyl adjacent to an activating group) is 1. The number of hydrogen-bond acceptors (Lipinski definition) is 3. The molecule has 4 nitrogen and oxygen atoms in total. The molecule has 1 atom stereocenters. The summed E-state index contributed by atoms with van der Waals surface area (Å²) in [4.78, 5) is 13.6. The van der Waals surface area contributed by atoms with Crippen molar-refractivity contribution in [2.45, 2.75) is 13.0 Å².